The van der Waals surface area contributed by atoms with Crippen molar-refractivity contribution in [1.29, 1.82) is 5.26 Å². The maximum Gasteiger partial charge on any atom is 0.416 e. The van der Waals surface area contributed by atoms with Crippen LogP contribution in [-0.4, -0.2) is 20.1 Å². The van der Waals surface area contributed by atoms with Gasteiger partial charge in [0.2, 0.25) is 9.84 Å². The van der Waals surface area contributed by atoms with Crippen molar-refractivity contribution in [3.05, 3.63) is 65.2 Å². The summed E-state index contributed by atoms with van der Waals surface area (Å²) in [5.74, 6) is 0. The Bertz CT molecular complexity index is 1070. The van der Waals surface area contributed by atoms with Crippen LogP contribution in [0.3, 0.4) is 0 Å². The smallest absolute Gasteiger partial charge is 0.416 e. The minimum Gasteiger partial charge on any atom is -0.444 e. The van der Waals surface area contributed by atoms with Gasteiger partial charge in [-0.3, -0.25) is 0 Å². The molecule has 0 saturated carbocycles. The van der Waals surface area contributed by atoms with E-state index >= 15 is 0 Å². The van der Waals surface area contributed by atoms with E-state index in [9.17, 15) is 26.4 Å². The summed E-state index contributed by atoms with van der Waals surface area (Å²) >= 11 is 0. The molecule has 0 fully saturated rings. The van der Waals surface area contributed by atoms with E-state index in [1.807, 2.05) is 5.32 Å². The number of ether oxygens (including phenoxy) is 1. The van der Waals surface area contributed by atoms with Crippen LogP contribution >= 0.6 is 0 Å². The molecular weight excluding hydrogens is 421 g/mol. The number of carbonyl (C=O) groups excluding carboxylic acids is 1. The number of rotatable bonds is 4. The molecule has 0 aromatic heterocycles. The van der Waals surface area contributed by atoms with Gasteiger partial charge in [-0.25, -0.2) is 13.2 Å². The SMILES string of the molecule is CC(C)(C)OC(=O)NC(c1ccc(C#N)cc1C(F)(F)F)S(=O)(=O)c1ccccc1. The van der Waals surface area contributed by atoms with Crippen molar-refractivity contribution in [3.63, 3.8) is 0 Å². The van der Waals surface area contributed by atoms with Crippen molar-refractivity contribution in [2.24, 2.45) is 0 Å². The number of sulfone groups is 1. The lowest BCUT2D eigenvalue weighted by molar-refractivity contribution is -0.138. The first-order chi connectivity index (χ1) is 13.8. The highest BCUT2D eigenvalue weighted by Gasteiger charge is 2.41. The highest BCUT2D eigenvalue weighted by atomic mass is 32.2. The molecule has 0 bridgehead atoms. The van der Waals surface area contributed by atoms with Gasteiger partial charge < -0.3 is 10.1 Å². The van der Waals surface area contributed by atoms with Gasteiger partial charge in [0.15, 0.2) is 5.37 Å². The molecule has 0 heterocycles. The van der Waals surface area contributed by atoms with E-state index in [1.165, 1.54) is 51.1 Å². The highest BCUT2D eigenvalue weighted by Crippen LogP contribution is 2.38. The summed E-state index contributed by atoms with van der Waals surface area (Å²) < 4.78 is 72.4. The molecule has 1 atom stereocenters. The number of nitrogens with zero attached hydrogens (tertiary/aromatic N) is 1. The minimum absolute atomic E-state index is 0.288. The number of alkyl carbamates (subject to hydrolysis) is 1. The number of nitrogens with one attached hydrogen (secondary N) is 1. The van der Waals surface area contributed by atoms with E-state index in [1.54, 1.807) is 6.07 Å². The Morgan fingerprint density at radius 3 is 2.20 bits per heavy atom. The number of carbonyl (C=O) groups is 1. The Kier molecular flexibility index (Phi) is 6.47. The first-order valence-corrected chi connectivity index (χ1v) is 10.2. The summed E-state index contributed by atoms with van der Waals surface area (Å²) in [5.41, 5.74) is -3.39. The van der Waals surface area contributed by atoms with Crippen molar-refractivity contribution in [2.45, 2.75) is 42.8 Å². The summed E-state index contributed by atoms with van der Waals surface area (Å²) in [6.45, 7) is 4.57. The zero-order valence-electron chi connectivity index (χ0n) is 16.3. The van der Waals surface area contributed by atoms with Crippen LogP contribution in [0, 0.1) is 11.3 Å². The first kappa shape index (κ1) is 23.2. The normalized spacial score (nSPS) is 13.2. The van der Waals surface area contributed by atoms with Gasteiger partial charge in [-0.15, -0.1) is 0 Å². The lowest BCUT2D eigenvalue weighted by atomic mass is 10.0. The fourth-order valence-corrected chi connectivity index (χ4v) is 4.18. The molecule has 10 heteroatoms. The molecule has 1 unspecified atom stereocenters. The van der Waals surface area contributed by atoms with Crippen LogP contribution in [0.1, 0.15) is 42.8 Å². The second kappa shape index (κ2) is 8.36. The van der Waals surface area contributed by atoms with Gasteiger partial charge in [-0.2, -0.15) is 18.4 Å². The Morgan fingerprint density at radius 1 is 1.10 bits per heavy atom. The Morgan fingerprint density at radius 2 is 1.70 bits per heavy atom. The van der Waals surface area contributed by atoms with Gasteiger partial charge in [0, 0.05) is 5.56 Å². The lowest BCUT2D eigenvalue weighted by Gasteiger charge is -2.26. The molecule has 1 amide bonds. The third-order valence-corrected chi connectivity index (χ3v) is 5.72. The summed E-state index contributed by atoms with van der Waals surface area (Å²) in [7, 11) is -4.50. The van der Waals surface area contributed by atoms with Crippen molar-refractivity contribution < 1.29 is 31.1 Å². The number of nitriles is 1. The number of halogens is 3. The van der Waals surface area contributed by atoms with Gasteiger partial charge >= 0.3 is 12.3 Å². The standard InChI is InChI=1S/C20H19F3N2O4S/c1-19(2,3)29-18(26)25-17(30(27,28)14-7-5-4-6-8-14)15-10-9-13(12-24)11-16(15)20(21,22)23/h4-11,17H,1-3H3,(H,25,26). The monoisotopic (exact) mass is 440 g/mol. The zero-order valence-corrected chi connectivity index (χ0v) is 17.1. The molecule has 2 aromatic carbocycles. The number of hydrogen-bond donors (Lipinski definition) is 1. The van der Waals surface area contributed by atoms with Crippen LogP contribution in [0.25, 0.3) is 0 Å². The van der Waals surface area contributed by atoms with Gasteiger partial charge in [-0.05, 0) is 45.0 Å². The average Bonchev–Trinajstić information content (AvgIpc) is 2.64. The molecule has 2 aromatic rings. The molecular formula is C20H19F3N2O4S. The maximum atomic E-state index is 13.7. The van der Waals surface area contributed by atoms with Crippen molar-refractivity contribution >= 4 is 15.9 Å². The average molecular weight is 440 g/mol. The largest absolute Gasteiger partial charge is 0.444 e. The summed E-state index contributed by atoms with van der Waals surface area (Å²) in [4.78, 5) is 12.0. The second-order valence-electron chi connectivity index (χ2n) is 7.30. The van der Waals surface area contributed by atoms with Gasteiger partial charge in [0.1, 0.15) is 5.60 Å². The molecule has 0 aliphatic rings. The molecule has 0 aliphatic carbocycles. The summed E-state index contributed by atoms with van der Waals surface area (Å²) in [5, 5.41) is 8.89. The third kappa shape index (κ3) is 5.51. The molecule has 2 rings (SSSR count). The van der Waals surface area contributed by atoms with Crippen molar-refractivity contribution in [1.82, 2.24) is 5.32 Å². The Hall–Kier alpha value is -3.06. The molecule has 0 saturated heterocycles. The number of amides is 1. The topological polar surface area (TPSA) is 96.3 Å². The minimum atomic E-state index is -4.97. The quantitative estimate of drug-likeness (QED) is 0.751. The van der Waals surface area contributed by atoms with E-state index in [0.29, 0.717) is 6.07 Å². The number of benzene rings is 2. The van der Waals surface area contributed by atoms with E-state index in [-0.39, 0.29) is 10.5 Å². The predicted octanol–water partition coefficient (Wildman–Crippen LogP) is 4.57. The van der Waals surface area contributed by atoms with Crippen LogP contribution in [0.2, 0.25) is 0 Å². The highest BCUT2D eigenvalue weighted by molar-refractivity contribution is 7.91. The molecule has 1 N–H and O–H groups in total. The van der Waals surface area contributed by atoms with Crippen molar-refractivity contribution in [3.8, 4) is 6.07 Å². The van der Waals surface area contributed by atoms with E-state index in [2.05, 4.69) is 0 Å². The van der Waals surface area contributed by atoms with Crippen molar-refractivity contribution in [2.75, 3.05) is 0 Å². The van der Waals surface area contributed by atoms with Crippen LogP contribution in [-0.2, 0) is 20.8 Å². The van der Waals surface area contributed by atoms with Crippen LogP contribution in [0.5, 0.6) is 0 Å². The third-order valence-electron chi connectivity index (χ3n) is 3.80. The fourth-order valence-electron chi connectivity index (χ4n) is 2.58. The van der Waals surface area contributed by atoms with E-state index in [0.717, 1.165) is 12.1 Å². The second-order valence-corrected chi connectivity index (χ2v) is 9.33. The molecule has 0 spiro atoms. The van der Waals surface area contributed by atoms with E-state index in [4.69, 9.17) is 10.00 Å². The van der Waals surface area contributed by atoms with Crippen LogP contribution < -0.4 is 5.32 Å². The van der Waals surface area contributed by atoms with Gasteiger partial charge in [-0.1, -0.05) is 24.3 Å². The van der Waals surface area contributed by atoms with Crippen LogP contribution in [0.4, 0.5) is 18.0 Å². The van der Waals surface area contributed by atoms with Gasteiger partial charge in [0.05, 0.1) is 22.1 Å². The summed E-state index contributed by atoms with van der Waals surface area (Å²) in [6.07, 6.45) is -6.17. The molecule has 30 heavy (non-hydrogen) atoms. The number of alkyl halides is 3. The lowest BCUT2D eigenvalue weighted by Crippen LogP contribution is -2.39. The van der Waals surface area contributed by atoms with Gasteiger partial charge in [0.25, 0.3) is 0 Å². The fraction of sp³-hybridized carbons (Fsp3) is 0.300. The molecule has 6 nitrogen and oxygen atoms in total. The summed E-state index contributed by atoms with van der Waals surface area (Å²) in [6, 6.07) is 10.8. The van der Waals surface area contributed by atoms with Crippen LogP contribution in [0.15, 0.2) is 53.4 Å². The molecule has 0 aliphatic heterocycles. The maximum absolute atomic E-state index is 13.7. The zero-order chi connectivity index (χ0) is 22.7. The Balaban J connectivity index is 2.69. The first-order valence-electron chi connectivity index (χ1n) is 8.65. The Labute approximate surface area is 172 Å². The molecule has 160 valence electrons. The van der Waals surface area contributed by atoms with E-state index < -0.39 is 44.2 Å². The molecule has 0 radical (unpaired) electrons. The number of hydrogen-bond acceptors (Lipinski definition) is 5. The predicted molar refractivity (Wildman–Crippen MR) is 102 cm³/mol.